The summed E-state index contributed by atoms with van der Waals surface area (Å²) in [6.45, 7) is 1.84. The van der Waals surface area contributed by atoms with Crippen molar-refractivity contribution in [1.29, 1.82) is 0 Å². The molecule has 2 heterocycles. The predicted octanol–water partition coefficient (Wildman–Crippen LogP) is 2.31. The van der Waals surface area contributed by atoms with Crippen molar-refractivity contribution in [3.05, 3.63) is 32.8 Å². The molecule has 0 bridgehead atoms. The van der Waals surface area contributed by atoms with E-state index in [-0.39, 0.29) is 16.3 Å². The summed E-state index contributed by atoms with van der Waals surface area (Å²) in [5.74, 6) is 0.701. The van der Waals surface area contributed by atoms with Crippen molar-refractivity contribution in [2.75, 3.05) is 13.1 Å². The number of benzene rings is 1. The lowest BCUT2D eigenvalue weighted by molar-refractivity contribution is -0.384. The van der Waals surface area contributed by atoms with Crippen LogP contribution in [0.4, 0.5) is 5.69 Å². The van der Waals surface area contributed by atoms with E-state index < -0.39 is 4.92 Å². The largest absolute Gasteiger partial charge is 0.486 e. The monoisotopic (exact) mass is 268 g/mol. The van der Waals surface area contributed by atoms with Crippen molar-refractivity contribution >= 4 is 17.3 Å². The maximum atomic E-state index is 10.9. The van der Waals surface area contributed by atoms with Gasteiger partial charge in [0.2, 0.25) is 0 Å². The first kappa shape index (κ1) is 11.7. The second kappa shape index (κ2) is 4.10. The summed E-state index contributed by atoms with van der Waals surface area (Å²) in [4.78, 5) is 10.4. The average Bonchev–Trinajstić information content (AvgIpc) is 2.65. The van der Waals surface area contributed by atoms with Crippen LogP contribution in [-0.2, 0) is 6.42 Å². The van der Waals surface area contributed by atoms with Crippen LogP contribution >= 0.6 is 11.6 Å². The molecular weight excluding hydrogens is 256 g/mol. The summed E-state index contributed by atoms with van der Waals surface area (Å²) in [5, 5.41) is 14.3. The van der Waals surface area contributed by atoms with Gasteiger partial charge < -0.3 is 10.1 Å². The van der Waals surface area contributed by atoms with Crippen LogP contribution in [0.1, 0.15) is 18.4 Å². The molecule has 0 saturated carbocycles. The topological polar surface area (TPSA) is 64.4 Å². The maximum absolute atomic E-state index is 10.9. The Balaban J connectivity index is 1.95. The van der Waals surface area contributed by atoms with E-state index in [1.54, 1.807) is 12.1 Å². The summed E-state index contributed by atoms with van der Waals surface area (Å²) in [5.41, 5.74) is 0.671. The lowest BCUT2D eigenvalue weighted by Crippen LogP contribution is -2.45. The third kappa shape index (κ3) is 1.83. The lowest BCUT2D eigenvalue weighted by atomic mass is 9.88. The molecule has 1 aromatic rings. The minimum atomic E-state index is -0.448. The number of halogens is 1. The Morgan fingerprint density at radius 2 is 2.11 bits per heavy atom. The highest BCUT2D eigenvalue weighted by Gasteiger charge is 2.41. The summed E-state index contributed by atoms with van der Waals surface area (Å²) in [6.07, 6.45) is 2.59. The van der Waals surface area contributed by atoms with Crippen molar-refractivity contribution in [3.8, 4) is 5.75 Å². The average molecular weight is 269 g/mol. The van der Waals surface area contributed by atoms with Crippen molar-refractivity contribution in [1.82, 2.24) is 5.32 Å². The fourth-order valence-corrected chi connectivity index (χ4v) is 2.96. The van der Waals surface area contributed by atoms with Crippen LogP contribution in [0.25, 0.3) is 0 Å². The molecule has 5 nitrogen and oxygen atoms in total. The quantitative estimate of drug-likeness (QED) is 0.627. The fourth-order valence-electron chi connectivity index (χ4n) is 2.74. The summed E-state index contributed by atoms with van der Waals surface area (Å²) < 4.78 is 6.00. The number of nitrogens with one attached hydrogen (secondary N) is 1. The molecule has 0 atom stereocenters. The maximum Gasteiger partial charge on any atom is 0.288 e. The van der Waals surface area contributed by atoms with Gasteiger partial charge in [-0.1, -0.05) is 11.6 Å². The molecule has 0 amide bonds. The van der Waals surface area contributed by atoms with Crippen LogP contribution in [0.3, 0.4) is 0 Å². The molecular formula is C12H13ClN2O3. The van der Waals surface area contributed by atoms with E-state index in [0.717, 1.165) is 37.9 Å². The molecule has 1 spiro atoms. The van der Waals surface area contributed by atoms with Gasteiger partial charge in [-0.3, -0.25) is 10.1 Å². The van der Waals surface area contributed by atoms with Gasteiger partial charge in [0.15, 0.2) is 0 Å². The van der Waals surface area contributed by atoms with Crippen LogP contribution < -0.4 is 10.1 Å². The molecule has 1 fully saturated rings. The second-order valence-electron chi connectivity index (χ2n) is 4.88. The number of hydrogen-bond acceptors (Lipinski definition) is 4. The summed E-state index contributed by atoms with van der Waals surface area (Å²) >= 11 is 5.90. The Kier molecular flexibility index (Phi) is 2.68. The van der Waals surface area contributed by atoms with Crippen LogP contribution in [0, 0.1) is 10.1 Å². The van der Waals surface area contributed by atoms with Crippen molar-refractivity contribution in [2.45, 2.75) is 24.9 Å². The van der Waals surface area contributed by atoms with Gasteiger partial charge in [0, 0.05) is 24.1 Å². The van der Waals surface area contributed by atoms with Crippen molar-refractivity contribution in [2.24, 2.45) is 0 Å². The Bertz CT molecular complexity index is 512. The van der Waals surface area contributed by atoms with Gasteiger partial charge in [-0.05, 0) is 25.9 Å². The van der Waals surface area contributed by atoms with Gasteiger partial charge in [0.05, 0.1) is 4.92 Å². The first-order valence-electron chi connectivity index (χ1n) is 5.96. The Morgan fingerprint density at radius 1 is 1.39 bits per heavy atom. The Hall–Kier alpha value is -1.33. The highest BCUT2D eigenvalue weighted by molar-refractivity contribution is 6.32. The molecule has 0 aliphatic carbocycles. The van der Waals surface area contributed by atoms with Gasteiger partial charge in [0.25, 0.3) is 5.69 Å². The second-order valence-corrected chi connectivity index (χ2v) is 5.29. The van der Waals surface area contributed by atoms with Crippen LogP contribution in [0.15, 0.2) is 12.1 Å². The molecule has 1 N–H and O–H groups in total. The van der Waals surface area contributed by atoms with Crippen LogP contribution in [0.2, 0.25) is 5.02 Å². The van der Waals surface area contributed by atoms with Crippen LogP contribution in [-0.4, -0.2) is 23.6 Å². The zero-order chi connectivity index (χ0) is 12.8. The molecule has 0 radical (unpaired) electrons. The lowest BCUT2D eigenvalue weighted by Gasteiger charge is -2.33. The van der Waals surface area contributed by atoms with Crippen molar-refractivity contribution < 1.29 is 9.66 Å². The highest BCUT2D eigenvalue weighted by Crippen LogP contribution is 2.43. The summed E-state index contributed by atoms with van der Waals surface area (Å²) in [6, 6.07) is 3.13. The molecule has 1 aromatic carbocycles. The standard InChI is InChI=1S/C12H13ClN2O3/c13-9-6-11-8(5-10(9)15(16)17)7-12(18-11)1-3-14-4-2-12/h5-6,14H,1-4,7H2. The van der Waals surface area contributed by atoms with Crippen molar-refractivity contribution in [3.63, 3.8) is 0 Å². The highest BCUT2D eigenvalue weighted by atomic mass is 35.5. The number of rotatable bonds is 1. The number of nitrogens with zero attached hydrogens (tertiary/aromatic N) is 1. The number of fused-ring (bicyclic) bond motifs is 1. The van der Waals surface area contributed by atoms with E-state index in [9.17, 15) is 10.1 Å². The molecule has 0 unspecified atom stereocenters. The van der Waals surface area contributed by atoms with E-state index in [2.05, 4.69) is 5.32 Å². The number of nitro benzene ring substituents is 1. The van der Waals surface area contributed by atoms with Crippen LogP contribution in [0.5, 0.6) is 5.75 Å². The minimum absolute atomic E-state index is 0.0370. The predicted molar refractivity (Wildman–Crippen MR) is 67.3 cm³/mol. The molecule has 6 heteroatoms. The number of piperidine rings is 1. The smallest absolute Gasteiger partial charge is 0.288 e. The Labute approximate surface area is 109 Å². The van der Waals surface area contributed by atoms with E-state index in [1.165, 1.54) is 0 Å². The molecule has 96 valence electrons. The summed E-state index contributed by atoms with van der Waals surface area (Å²) in [7, 11) is 0. The Morgan fingerprint density at radius 3 is 2.78 bits per heavy atom. The number of nitro groups is 1. The molecule has 1 saturated heterocycles. The van der Waals surface area contributed by atoms with E-state index >= 15 is 0 Å². The van der Waals surface area contributed by atoms with E-state index in [1.807, 2.05) is 0 Å². The first-order chi connectivity index (χ1) is 8.60. The molecule has 0 aromatic heterocycles. The fraction of sp³-hybridized carbons (Fsp3) is 0.500. The zero-order valence-electron chi connectivity index (χ0n) is 9.74. The SMILES string of the molecule is O=[N+]([O-])c1cc2c(cc1Cl)OC1(CCNCC1)C2. The number of ether oxygens (including phenoxy) is 1. The molecule has 2 aliphatic heterocycles. The minimum Gasteiger partial charge on any atom is -0.486 e. The molecule has 3 rings (SSSR count). The normalized spacial score (nSPS) is 20.5. The molecule has 2 aliphatic rings. The van der Waals surface area contributed by atoms with Gasteiger partial charge in [-0.2, -0.15) is 0 Å². The van der Waals surface area contributed by atoms with Gasteiger partial charge in [-0.15, -0.1) is 0 Å². The first-order valence-corrected chi connectivity index (χ1v) is 6.34. The third-order valence-electron chi connectivity index (χ3n) is 3.68. The zero-order valence-corrected chi connectivity index (χ0v) is 10.5. The van der Waals surface area contributed by atoms with Gasteiger partial charge in [-0.25, -0.2) is 0 Å². The molecule has 18 heavy (non-hydrogen) atoms. The van der Waals surface area contributed by atoms with Gasteiger partial charge >= 0.3 is 0 Å². The van der Waals surface area contributed by atoms with Gasteiger partial charge in [0.1, 0.15) is 16.4 Å². The third-order valence-corrected chi connectivity index (χ3v) is 3.98. The van der Waals surface area contributed by atoms with E-state index in [0.29, 0.717) is 5.75 Å². The van der Waals surface area contributed by atoms with E-state index in [4.69, 9.17) is 16.3 Å². The number of hydrogen-bond donors (Lipinski definition) is 1.